The van der Waals surface area contributed by atoms with Gasteiger partial charge in [-0.25, -0.2) is 0 Å². The average Bonchev–Trinajstić information content (AvgIpc) is 2.58. The molecular weight excluding hydrogens is 360 g/mol. The van der Waals surface area contributed by atoms with E-state index in [1.807, 2.05) is 24.3 Å². The Hall–Kier alpha value is -2.27. The SMILES string of the molecule is COc1cc(C(=O)C=Cc2cccc(Br)c2)cc(OC)c1OC. The molecule has 0 heterocycles. The number of ether oxygens (including phenoxy) is 3. The molecule has 0 atom stereocenters. The first-order chi connectivity index (χ1) is 11.1. The van der Waals surface area contributed by atoms with Gasteiger partial charge in [0.05, 0.1) is 21.3 Å². The van der Waals surface area contributed by atoms with Crippen molar-refractivity contribution in [3.63, 3.8) is 0 Å². The highest BCUT2D eigenvalue weighted by Crippen LogP contribution is 2.38. The number of benzene rings is 2. The minimum Gasteiger partial charge on any atom is -0.493 e. The van der Waals surface area contributed by atoms with Crippen LogP contribution in [0, 0.1) is 0 Å². The third-order valence-corrected chi connectivity index (χ3v) is 3.72. The Bertz CT molecular complexity index is 713. The second kappa shape index (κ2) is 7.83. The predicted molar refractivity (Wildman–Crippen MR) is 93.6 cm³/mol. The molecule has 2 rings (SSSR count). The van der Waals surface area contributed by atoms with E-state index in [2.05, 4.69) is 15.9 Å². The third-order valence-electron chi connectivity index (χ3n) is 3.23. The molecule has 4 nitrogen and oxygen atoms in total. The van der Waals surface area contributed by atoms with Gasteiger partial charge in [0.25, 0.3) is 0 Å². The Balaban J connectivity index is 2.32. The third kappa shape index (κ3) is 4.13. The summed E-state index contributed by atoms with van der Waals surface area (Å²) >= 11 is 3.40. The van der Waals surface area contributed by atoms with Crippen molar-refractivity contribution >= 4 is 27.8 Å². The summed E-state index contributed by atoms with van der Waals surface area (Å²) < 4.78 is 16.7. The lowest BCUT2D eigenvalue weighted by Gasteiger charge is -2.13. The number of halogens is 1. The summed E-state index contributed by atoms with van der Waals surface area (Å²) in [5, 5.41) is 0. The molecular formula is C18H17BrO4. The van der Waals surface area contributed by atoms with Crippen LogP contribution >= 0.6 is 15.9 Å². The molecule has 0 spiro atoms. The minimum atomic E-state index is -0.149. The molecule has 0 bridgehead atoms. The zero-order valence-electron chi connectivity index (χ0n) is 13.1. The first-order valence-corrected chi connectivity index (χ1v) is 7.66. The van der Waals surface area contributed by atoms with Crippen molar-refractivity contribution in [3.8, 4) is 17.2 Å². The summed E-state index contributed by atoms with van der Waals surface area (Å²) in [7, 11) is 4.56. The summed E-state index contributed by atoms with van der Waals surface area (Å²) in [6.45, 7) is 0. The number of allylic oxidation sites excluding steroid dienone is 1. The van der Waals surface area contributed by atoms with Crippen molar-refractivity contribution in [2.24, 2.45) is 0 Å². The maximum absolute atomic E-state index is 12.4. The summed E-state index contributed by atoms with van der Waals surface area (Å²) in [4.78, 5) is 12.4. The Morgan fingerprint density at radius 3 is 2.17 bits per heavy atom. The molecule has 0 radical (unpaired) electrons. The Morgan fingerprint density at radius 2 is 1.65 bits per heavy atom. The summed E-state index contributed by atoms with van der Waals surface area (Å²) in [5.74, 6) is 1.21. The number of hydrogen-bond acceptors (Lipinski definition) is 4. The highest BCUT2D eigenvalue weighted by Gasteiger charge is 2.15. The zero-order chi connectivity index (χ0) is 16.8. The van der Waals surface area contributed by atoms with Crippen molar-refractivity contribution in [1.29, 1.82) is 0 Å². The quantitative estimate of drug-likeness (QED) is 0.554. The van der Waals surface area contributed by atoms with E-state index in [9.17, 15) is 4.79 Å². The van der Waals surface area contributed by atoms with Crippen LogP contribution in [0.5, 0.6) is 17.2 Å². The van der Waals surface area contributed by atoms with Crippen molar-refractivity contribution < 1.29 is 19.0 Å². The number of ketones is 1. The van der Waals surface area contributed by atoms with Gasteiger partial charge in [-0.1, -0.05) is 34.1 Å². The average molecular weight is 377 g/mol. The van der Waals surface area contributed by atoms with Crippen LogP contribution in [0.3, 0.4) is 0 Å². The maximum atomic E-state index is 12.4. The van der Waals surface area contributed by atoms with Gasteiger partial charge < -0.3 is 14.2 Å². The Kier molecular flexibility index (Phi) is 5.82. The second-order valence-corrected chi connectivity index (χ2v) is 5.58. The van der Waals surface area contributed by atoms with Crippen LogP contribution in [-0.4, -0.2) is 27.1 Å². The van der Waals surface area contributed by atoms with Crippen LogP contribution in [0.15, 0.2) is 46.9 Å². The van der Waals surface area contributed by atoms with Crippen molar-refractivity contribution in [3.05, 3.63) is 58.1 Å². The van der Waals surface area contributed by atoms with Crippen LogP contribution in [0.1, 0.15) is 15.9 Å². The van der Waals surface area contributed by atoms with E-state index < -0.39 is 0 Å². The monoisotopic (exact) mass is 376 g/mol. The molecule has 5 heteroatoms. The lowest BCUT2D eigenvalue weighted by atomic mass is 10.1. The molecule has 0 aliphatic heterocycles. The van der Waals surface area contributed by atoms with Gasteiger partial charge in [-0.3, -0.25) is 4.79 Å². The fraction of sp³-hybridized carbons (Fsp3) is 0.167. The van der Waals surface area contributed by atoms with Crippen molar-refractivity contribution in [2.75, 3.05) is 21.3 Å². The zero-order valence-corrected chi connectivity index (χ0v) is 14.7. The first-order valence-electron chi connectivity index (χ1n) is 6.87. The molecule has 0 aliphatic carbocycles. The number of carbonyl (C=O) groups is 1. The molecule has 0 aromatic heterocycles. The van der Waals surface area contributed by atoms with Crippen molar-refractivity contribution in [2.45, 2.75) is 0 Å². The second-order valence-electron chi connectivity index (χ2n) is 4.67. The van der Waals surface area contributed by atoms with Gasteiger partial charge in [0.15, 0.2) is 17.3 Å². The van der Waals surface area contributed by atoms with E-state index in [4.69, 9.17) is 14.2 Å². The lowest BCUT2D eigenvalue weighted by Crippen LogP contribution is -2.00. The molecule has 0 saturated carbocycles. The van der Waals surface area contributed by atoms with E-state index >= 15 is 0 Å². The fourth-order valence-corrected chi connectivity index (χ4v) is 2.52. The largest absolute Gasteiger partial charge is 0.493 e. The van der Waals surface area contributed by atoms with Gasteiger partial charge >= 0.3 is 0 Å². The lowest BCUT2D eigenvalue weighted by molar-refractivity contribution is 0.104. The van der Waals surface area contributed by atoms with Gasteiger partial charge in [0.2, 0.25) is 5.75 Å². The minimum absolute atomic E-state index is 0.149. The van der Waals surface area contributed by atoms with Gasteiger partial charge in [-0.05, 0) is 35.9 Å². The van der Waals surface area contributed by atoms with Gasteiger partial charge in [-0.2, -0.15) is 0 Å². The van der Waals surface area contributed by atoms with Crippen LogP contribution in [0.25, 0.3) is 6.08 Å². The van der Waals surface area contributed by atoms with E-state index in [0.717, 1.165) is 10.0 Å². The first kappa shape index (κ1) is 17.1. The molecule has 0 amide bonds. The Morgan fingerprint density at radius 1 is 1.00 bits per heavy atom. The van der Waals surface area contributed by atoms with Crippen LogP contribution in [-0.2, 0) is 0 Å². The molecule has 0 fully saturated rings. The predicted octanol–water partition coefficient (Wildman–Crippen LogP) is 4.37. The number of carbonyl (C=O) groups excluding carboxylic acids is 1. The molecule has 0 saturated heterocycles. The number of rotatable bonds is 6. The van der Waals surface area contributed by atoms with E-state index in [1.165, 1.54) is 27.4 Å². The highest BCUT2D eigenvalue weighted by atomic mass is 79.9. The molecule has 0 unspecified atom stereocenters. The van der Waals surface area contributed by atoms with E-state index in [0.29, 0.717) is 22.8 Å². The standard InChI is InChI=1S/C18H17BrO4/c1-21-16-10-13(11-17(22-2)18(16)23-3)15(20)8-7-12-5-4-6-14(19)9-12/h4-11H,1-3H3. The van der Waals surface area contributed by atoms with Crippen LogP contribution in [0.4, 0.5) is 0 Å². The topological polar surface area (TPSA) is 44.8 Å². The Labute approximate surface area is 143 Å². The van der Waals surface area contributed by atoms with Crippen molar-refractivity contribution in [1.82, 2.24) is 0 Å². The molecule has 2 aromatic rings. The van der Waals surface area contributed by atoms with Gasteiger partial charge in [0.1, 0.15) is 0 Å². The van der Waals surface area contributed by atoms with E-state index in [1.54, 1.807) is 18.2 Å². The summed E-state index contributed by atoms with van der Waals surface area (Å²) in [5.41, 5.74) is 1.39. The van der Waals surface area contributed by atoms with Gasteiger partial charge in [0, 0.05) is 10.0 Å². The molecule has 0 N–H and O–H groups in total. The number of methoxy groups -OCH3 is 3. The number of hydrogen-bond donors (Lipinski definition) is 0. The van der Waals surface area contributed by atoms with Crippen LogP contribution in [0.2, 0.25) is 0 Å². The fourth-order valence-electron chi connectivity index (χ4n) is 2.10. The summed E-state index contributed by atoms with van der Waals surface area (Å²) in [6.07, 6.45) is 3.28. The normalized spacial score (nSPS) is 10.6. The molecule has 2 aromatic carbocycles. The van der Waals surface area contributed by atoms with E-state index in [-0.39, 0.29) is 5.78 Å². The molecule has 23 heavy (non-hydrogen) atoms. The van der Waals surface area contributed by atoms with Crippen LogP contribution < -0.4 is 14.2 Å². The maximum Gasteiger partial charge on any atom is 0.203 e. The molecule has 0 aliphatic rings. The molecule has 120 valence electrons. The smallest absolute Gasteiger partial charge is 0.203 e. The van der Waals surface area contributed by atoms with Gasteiger partial charge in [-0.15, -0.1) is 0 Å². The summed E-state index contributed by atoms with van der Waals surface area (Å²) in [6, 6.07) is 11.0. The highest BCUT2D eigenvalue weighted by molar-refractivity contribution is 9.10.